The number of anilines is 1. The third kappa shape index (κ3) is 2.35. The zero-order valence-electron chi connectivity index (χ0n) is 13.4. The van der Waals surface area contributed by atoms with Crippen LogP contribution in [0, 0.1) is 5.92 Å². The summed E-state index contributed by atoms with van der Waals surface area (Å²) in [5.41, 5.74) is 3.68. The van der Waals surface area contributed by atoms with Crippen molar-refractivity contribution in [1.82, 2.24) is 0 Å². The average Bonchev–Trinajstić information content (AvgIpc) is 3.10. The van der Waals surface area contributed by atoms with Gasteiger partial charge < -0.3 is 20.0 Å². The first-order valence-electron chi connectivity index (χ1n) is 8.10. The van der Waals surface area contributed by atoms with E-state index >= 15 is 0 Å². The predicted molar refractivity (Wildman–Crippen MR) is 90.1 cm³/mol. The number of nitrogens with one attached hydrogen (secondary N) is 1. The van der Waals surface area contributed by atoms with Gasteiger partial charge in [-0.05, 0) is 47.2 Å². The Morgan fingerprint density at radius 3 is 2.71 bits per heavy atom. The SMILES string of the molecule is COc1ccc2c(c1)[C@@H]1C=CC[C@@H]1[C@H](c1ccc(C(=O)[O-])cc1)N2. The summed E-state index contributed by atoms with van der Waals surface area (Å²) in [7, 11) is 1.68. The molecule has 122 valence electrons. The molecule has 1 aliphatic heterocycles. The van der Waals surface area contributed by atoms with Crippen molar-refractivity contribution < 1.29 is 14.6 Å². The van der Waals surface area contributed by atoms with Crippen LogP contribution in [0.4, 0.5) is 5.69 Å². The van der Waals surface area contributed by atoms with Crippen LogP contribution >= 0.6 is 0 Å². The predicted octanol–water partition coefficient (Wildman–Crippen LogP) is 2.89. The number of carbonyl (C=O) groups excluding carboxylic acids is 1. The van der Waals surface area contributed by atoms with Gasteiger partial charge in [0.1, 0.15) is 5.75 Å². The Labute approximate surface area is 140 Å². The molecule has 4 rings (SSSR count). The van der Waals surface area contributed by atoms with Crippen LogP contribution in [0.25, 0.3) is 0 Å². The van der Waals surface area contributed by atoms with E-state index in [4.69, 9.17) is 4.74 Å². The highest BCUT2D eigenvalue weighted by Crippen LogP contribution is 2.50. The maximum atomic E-state index is 10.9. The molecular formula is C20H18NO3-. The highest BCUT2D eigenvalue weighted by molar-refractivity contribution is 5.85. The van der Waals surface area contributed by atoms with E-state index in [0.717, 1.165) is 23.4 Å². The van der Waals surface area contributed by atoms with Crippen LogP contribution in [0.3, 0.4) is 0 Å². The van der Waals surface area contributed by atoms with E-state index in [1.165, 1.54) is 5.56 Å². The van der Waals surface area contributed by atoms with Crippen molar-refractivity contribution in [1.29, 1.82) is 0 Å². The standard InChI is InChI=1S/C20H19NO3/c1-24-14-9-10-18-17(11-14)15-3-2-4-16(15)19(21-18)12-5-7-13(8-6-12)20(22)23/h2-3,5-11,15-16,19,21H,4H2,1H3,(H,22,23)/p-1/t15-,16+,19+/m1/s1. The third-order valence-electron chi connectivity index (χ3n) is 5.08. The van der Waals surface area contributed by atoms with Crippen LogP contribution in [-0.4, -0.2) is 13.1 Å². The van der Waals surface area contributed by atoms with Crippen LogP contribution in [0.15, 0.2) is 54.6 Å². The van der Waals surface area contributed by atoms with E-state index in [-0.39, 0.29) is 11.6 Å². The molecular weight excluding hydrogens is 302 g/mol. The molecule has 0 unspecified atom stereocenters. The number of aromatic carboxylic acids is 1. The number of carboxylic acids is 1. The van der Waals surface area contributed by atoms with Crippen molar-refractivity contribution in [3.8, 4) is 5.75 Å². The zero-order chi connectivity index (χ0) is 16.7. The number of hydrogen-bond donors (Lipinski definition) is 1. The molecule has 0 fully saturated rings. The number of carboxylic acid groups (broad SMARTS) is 1. The number of fused-ring (bicyclic) bond motifs is 3. The molecule has 3 atom stereocenters. The molecule has 4 heteroatoms. The van der Waals surface area contributed by atoms with Gasteiger partial charge in [0.05, 0.1) is 19.1 Å². The molecule has 2 aromatic carbocycles. The molecule has 0 spiro atoms. The molecule has 2 aliphatic rings. The monoisotopic (exact) mass is 320 g/mol. The van der Waals surface area contributed by atoms with Gasteiger partial charge in [-0.25, -0.2) is 0 Å². The first-order valence-corrected chi connectivity index (χ1v) is 8.10. The van der Waals surface area contributed by atoms with Gasteiger partial charge in [0.25, 0.3) is 0 Å². The minimum atomic E-state index is -1.14. The fourth-order valence-corrected chi connectivity index (χ4v) is 3.86. The Bertz CT molecular complexity index is 810. The van der Waals surface area contributed by atoms with Gasteiger partial charge in [0, 0.05) is 11.6 Å². The normalized spacial score (nSPS) is 24.0. The van der Waals surface area contributed by atoms with Crippen molar-refractivity contribution in [3.63, 3.8) is 0 Å². The minimum Gasteiger partial charge on any atom is -0.545 e. The Morgan fingerprint density at radius 2 is 2.00 bits per heavy atom. The van der Waals surface area contributed by atoms with Gasteiger partial charge in [0.15, 0.2) is 0 Å². The molecule has 0 saturated heterocycles. The van der Waals surface area contributed by atoms with Gasteiger partial charge in [-0.2, -0.15) is 0 Å². The Balaban J connectivity index is 1.71. The lowest BCUT2D eigenvalue weighted by atomic mass is 9.77. The van der Waals surface area contributed by atoms with Crippen molar-refractivity contribution in [2.24, 2.45) is 5.92 Å². The van der Waals surface area contributed by atoms with Crippen LogP contribution in [-0.2, 0) is 0 Å². The number of rotatable bonds is 3. The zero-order valence-corrected chi connectivity index (χ0v) is 13.4. The number of benzene rings is 2. The molecule has 2 aromatic rings. The Kier molecular flexibility index (Phi) is 3.53. The van der Waals surface area contributed by atoms with E-state index in [1.807, 2.05) is 18.2 Å². The maximum absolute atomic E-state index is 10.9. The second kappa shape index (κ2) is 5.71. The molecule has 4 nitrogen and oxygen atoms in total. The quantitative estimate of drug-likeness (QED) is 0.883. The lowest BCUT2D eigenvalue weighted by molar-refractivity contribution is -0.255. The first-order chi connectivity index (χ1) is 11.7. The molecule has 0 amide bonds. The largest absolute Gasteiger partial charge is 0.545 e. The molecule has 1 aliphatic carbocycles. The van der Waals surface area contributed by atoms with Crippen LogP contribution in [0.1, 0.15) is 39.9 Å². The van der Waals surface area contributed by atoms with E-state index in [9.17, 15) is 9.90 Å². The number of methoxy groups -OCH3 is 1. The highest BCUT2D eigenvalue weighted by Gasteiger charge is 2.37. The molecule has 24 heavy (non-hydrogen) atoms. The molecule has 0 bridgehead atoms. The van der Waals surface area contributed by atoms with Crippen LogP contribution in [0.2, 0.25) is 0 Å². The number of carbonyl (C=O) groups is 1. The van der Waals surface area contributed by atoms with Crippen LogP contribution < -0.4 is 15.2 Å². The maximum Gasteiger partial charge on any atom is 0.119 e. The van der Waals surface area contributed by atoms with Crippen molar-refractivity contribution >= 4 is 11.7 Å². The summed E-state index contributed by atoms with van der Waals surface area (Å²) in [5.74, 6) is 0.489. The van der Waals surface area contributed by atoms with Gasteiger partial charge in [0.2, 0.25) is 0 Å². The highest BCUT2D eigenvalue weighted by atomic mass is 16.5. The van der Waals surface area contributed by atoms with Crippen LogP contribution in [0.5, 0.6) is 5.75 Å². The number of hydrogen-bond acceptors (Lipinski definition) is 4. The summed E-state index contributed by atoms with van der Waals surface area (Å²) < 4.78 is 5.36. The van der Waals surface area contributed by atoms with Crippen molar-refractivity contribution in [2.45, 2.75) is 18.4 Å². The van der Waals surface area contributed by atoms with E-state index in [0.29, 0.717) is 11.8 Å². The number of ether oxygens (including phenoxy) is 1. The van der Waals surface area contributed by atoms with Gasteiger partial charge >= 0.3 is 0 Å². The fraction of sp³-hybridized carbons (Fsp3) is 0.250. The Morgan fingerprint density at radius 1 is 1.21 bits per heavy atom. The summed E-state index contributed by atoms with van der Waals surface area (Å²) >= 11 is 0. The lowest BCUT2D eigenvalue weighted by Crippen LogP contribution is -2.29. The average molecular weight is 320 g/mol. The smallest absolute Gasteiger partial charge is 0.119 e. The molecule has 0 aromatic heterocycles. The summed E-state index contributed by atoms with van der Waals surface area (Å²) in [4.78, 5) is 10.9. The van der Waals surface area contributed by atoms with Crippen molar-refractivity contribution in [3.05, 3.63) is 71.3 Å². The summed E-state index contributed by atoms with van der Waals surface area (Å²) in [6.07, 6.45) is 5.50. The summed E-state index contributed by atoms with van der Waals surface area (Å²) in [5, 5.41) is 14.6. The second-order valence-corrected chi connectivity index (χ2v) is 6.34. The third-order valence-corrected chi connectivity index (χ3v) is 5.08. The lowest BCUT2D eigenvalue weighted by Gasteiger charge is -2.37. The van der Waals surface area contributed by atoms with Gasteiger partial charge in [-0.3, -0.25) is 0 Å². The van der Waals surface area contributed by atoms with Gasteiger partial charge in [-0.15, -0.1) is 0 Å². The molecule has 0 saturated carbocycles. The van der Waals surface area contributed by atoms with E-state index in [2.05, 4.69) is 29.6 Å². The first kappa shape index (κ1) is 14.8. The molecule has 1 N–H and O–H groups in total. The van der Waals surface area contributed by atoms with E-state index in [1.54, 1.807) is 19.2 Å². The molecule has 1 heterocycles. The summed E-state index contributed by atoms with van der Waals surface area (Å²) in [6.45, 7) is 0. The second-order valence-electron chi connectivity index (χ2n) is 6.34. The fourth-order valence-electron chi connectivity index (χ4n) is 3.86. The number of allylic oxidation sites excluding steroid dienone is 2. The topological polar surface area (TPSA) is 61.4 Å². The van der Waals surface area contributed by atoms with Gasteiger partial charge in [-0.1, -0.05) is 36.4 Å². The van der Waals surface area contributed by atoms with E-state index < -0.39 is 5.97 Å². The molecule has 0 radical (unpaired) electrons. The minimum absolute atomic E-state index is 0.154. The summed E-state index contributed by atoms with van der Waals surface area (Å²) in [6, 6.07) is 13.3. The van der Waals surface area contributed by atoms with Crippen molar-refractivity contribution in [2.75, 3.05) is 12.4 Å². The Hall–Kier alpha value is -2.75.